The van der Waals surface area contributed by atoms with Gasteiger partial charge in [0.25, 0.3) is 0 Å². The standard InChI is InChI=1S/C10H15ClN2OS/c1-10(2,3)9-13-7(6-15-9)5-12-8(14)4-11/h6H,4-5H2,1-3H3,(H,12,14). The largest absolute Gasteiger partial charge is 0.349 e. The van der Waals surface area contributed by atoms with Crippen LogP contribution >= 0.6 is 22.9 Å². The van der Waals surface area contributed by atoms with Crippen LogP contribution in [0, 0.1) is 0 Å². The number of hydrogen-bond acceptors (Lipinski definition) is 3. The second-order valence-electron chi connectivity index (χ2n) is 4.30. The molecule has 0 radical (unpaired) electrons. The lowest BCUT2D eigenvalue weighted by molar-refractivity contribution is -0.118. The van der Waals surface area contributed by atoms with Crippen molar-refractivity contribution in [1.82, 2.24) is 10.3 Å². The summed E-state index contributed by atoms with van der Waals surface area (Å²) in [6.45, 7) is 6.81. The third-order valence-electron chi connectivity index (χ3n) is 1.78. The highest BCUT2D eigenvalue weighted by Gasteiger charge is 2.17. The van der Waals surface area contributed by atoms with Gasteiger partial charge in [0.05, 0.1) is 17.2 Å². The molecule has 0 aliphatic carbocycles. The maximum Gasteiger partial charge on any atom is 0.235 e. The number of rotatable bonds is 3. The van der Waals surface area contributed by atoms with Gasteiger partial charge in [-0.25, -0.2) is 4.98 Å². The normalized spacial score (nSPS) is 11.5. The van der Waals surface area contributed by atoms with Gasteiger partial charge in [0.15, 0.2) is 0 Å². The zero-order chi connectivity index (χ0) is 11.5. The number of amides is 1. The van der Waals surface area contributed by atoms with Gasteiger partial charge in [-0.1, -0.05) is 20.8 Å². The Labute approximate surface area is 98.9 Å². The summed E-state index contributed by atoms with van der Waals surface area (Å²) in [6.07, 6.45) is 0. The van der Waals surface area contributed by atoms with Crippen molar-refractivity contribution in [3.63, 3.8) is 0 Å². The molecule has 0 bridgehead atoms. The Morgan fingerprint density at radius 1 is 1.60 bits per heavy atom. The fraction of sp³-hybridized carbons (Fsp3) is 0.600. The van der Waals surface area contributed by atoms with Crippen LogP contribution in [-0.4, -0.2) is 16.8 Å². The van der Waals surface area contributed by atoms with Crippen molar-refractivity contribution < 1.29 is 4.79 Å². The summed E-state index contributed by atoms with van der Waals surface area (Å²) < 4.78 is 0. The topological polar surface area (TPSA) is 42.0 Å². The van der Waals surface area contributed by atoms with E-state index in [4.69, 9.17) is 11.6 Å². The first-order valence-electron chi connectivity index (χ1n) is 4.71. The molecule has 0 atom stereocenters. The molecule has 0 aliphatic heterocycles. The number of hydrogen-bond donors (Lipinski definition) is 1. The molecule has 1 aromatic rings. The molecule has 15 heavy (non-hydrogen) atoms. The smallest absolute Gasteiger partial charge is 0.235 e. The van der Waals surface area contributed by atoms with E-state index in [-0.39, 0.29) is 17.2 Å². The van der Waals surface area contributed by atoms with Crippen LogP contribution in [0.25, 0.3) is 0 Å². The molecule has 0 saturated carbocycles. The molecule has 84 valence electrons. The summed E-state index contributed by atoms with van der Waals surface area (Å²) in [5, 5.41) is 5.74. The van der Waals surface area contributed by atoms with Gasteiger partial charge >= 0.3 is 0 Å². The van der Waals surface area contributed by atoms with E-state index in [1.54, 1.807) is 11.3 Å². The van der Waals surface area contributed by atoms with Crippen LogP contribution in [0.2, 0.25) is 0 Å². The van der Waals surface area contributed by atoms with Crippen LogP contribution in [-0.2, 0) is 16.8 Å². The van der Waals surface area contributed by atoms with Gasteiger partial charge in [0.1, 0.15) is 5.88 Å². The predicted molar refractivity (Wildman–Crippen MR) is 63.4 cm³/mol. The molecule has 0 spiro atoms. The first-order valence-corrected chi connectivity index (χ1v) is 6.12. The number of aromatic nitrogens is 1. The van der Waals surface area contributed by atoms with E-state index in [1.807, 2.05) is 5.38 Å². The van der Waals surface area contributed by atoms with Gasteiger partial charge in [0.2, 0.25) is 5.91 Å². The Balaban J connectivity index is 2.58. The summed E-state index contributed by atoms with van der Waals surface area (Å²) in [5.41, 5.74) is 0.961. The fourth-order valence-electron chi connectivity index (χ4n) is 0.969. The molecule has 0 fully saturated rings. The van der Waals surface area contributed by atoms with E-state index < -0.39 is 0 Å². The lowest BCUT2D eigenvalue weighted by Crippen LogP contribution is -2.24. The highest BCUT2D eigenvalue weighted by molar-refractivity contribution is 7.09. The zero-order valence-electron chi connectivity index (χ0n) is 9.13. The van der Waals surface area contributed by atoms with Gasteiger partial charge in [-0.2, -0.15) is 0 Å². The second-order valence-corrected chi connectivity index (χ2v) is 5.43. The summed E-state index contributed by atoms with van der Waals surface area (Å²) in [6, 6.07) is 0. The SMILES string of the molecule is CC(C)(C)c1nc(CNC(=O)CCl)cs1. The first kappa shape index (κ1) is 12.5. The second kappa shape index (κ2) is 4.94. The summed E-state index contributed by atoms with van der Waals surface area (Å²) >= 11 is 6.99. The molecule has 1 N–H and O–H groups in total. The number of nitrogens with zero attached hydrogens (tertiary/aromatic N) is 1. The summed E-state index contributed by atoms with van der Waals surface area (Å²) in [5.74, 6) is -0.169. The Bertz CT molecular complexity index is 343. The molecule has 0 aromatic carbocycles. The molecular formula is C10H15ClN2OS. The van der Waals surface area contributed by atoms with Crippen molar-refractivity contribution in [3.05, 3.63) is 16.1 Å². The maximum atomic E-state index is 10.9. The fourth-order valence-corrected chi connectivity index (χ4v) is 1.97. The van der Waals surface area contributed by atoms with Crippen LogP contribution in [0.5, 0.6) is 0 Å². The number of thiazole rings is 1. The molecule has 0 unspecified atom stereocenters. The average molecular weight is 247 g/mol. The number of alkyl halides is 1. The lowest BCUT2D eigenvalue weighted by atomic mass is 9.98. The molecule has 3 nitrogen and oxygen atoms in total. The lowest BCUT2D eigenvalue weighted by Gasteiger charge is -2.13. The molecule has 1 amide bonds. The molecular weight excluding hydrogens is 232 g/mol. The molecule has 1 aromatic heterocycles. The number of nitrogens with one attached hydrogen (secondary N) is 1. The minimum Gasteiger partial charge on any atom is -0.349 e. The van der Waals surface area contributed by atoms with Crippen LogP contribution in [0.15, 0.2) is 5.38 Å². The summed E-state index contributed by atoms with van der Waals surface area (Å²) in [7, 11) is 0. The number of carbonyl (C=O) groups excluding carboxylic acids is 1. The quantitative estimate of drug-likeness (QED) is 0.832. The minimum atomic E-state index is -0.165. The average Bonchev–Trinajstić information content (AvgIpc) is 2.61. The Hall–Kier alpha value is -0.610. The first-order chi connectivity index (χ1) is 6.93. The van der Waals surface area contributed by atoms with Crippen molar-refractivity contribution in [2.45, 2.75) is 32.7 Å². The van der Waals surface area contributed by atoms with Crippen LogP contribution in [0.3, 0.4) is 0 Å². The highest BCUT2D eigenvalue weighted by atomic mass is 35.5. The summed E-state index contributed by atoms with van der Waals surface area (Å²) in [4.78, 5) is 15.4. The molecule has 1 rings (SSSR count). The van der Waals surface area contributed by atoms with E-state index in [9.17, 15) is 4.79 Å². The van der Waals surface area contributed by atoms with Gasteiger partial charge in [-0.15, -0.1) is 22.9 Å². The minimum absolute atomic E-state index is 0.00371. The number of halogens is 1. The molecule has 0 aliphatic rings. The van der Waals surface area contributed by atoms with Gasteiger partial charge in [-0.05, 0) is 0 Å². The van der Waals surface area contributed by atoms with Crippen LogP contribution < -0.4 is 5.32 Å². The molecule has 5 heteroatoms. The van der Waals surface area contributed by atoms with Gasteiger partial charge < -0.3 is 5.32 Å². The Morgan fingerprint density at radius 2 is 2.27 bits per heavy atom. The van der Waals surface area contributed by atoms with E-state index in [2.05, 4.69) is 31.1 Å². The van der Waals surface area contributed by atoms with Gasteiger partial charge in [0, 0.05) is 10.8 Å². The third kappa shape index (κ3) is 3.80. The van der Waals surface area contributed by atoms with E-state index in [0.29, 0.717) is 6.54 Å². The van der Waals surface area contributed by atoms with Crippen molar-refractivity contribution in [3.8, 4) is 0 Å². The predicted octanol–water partition coefficient (Wildman–Crippen LogP) is 2.30. The third-order valence-corrected chi connectivity index (χ3v) is 3.34. The number of carbonyl (C=O) groups is 1. The van der Waals surface area contributed by atoms with Gasteiger partial charge in [-0.3, -0.25) is 4.79 Å². The molecule has 0 saturated heterocycles. The van der Waals surface area contributed by atoms with Crippen molar-refractivity contribution >= 4 is 28.8 Å². The highest BCUT2D eigenvalue weighted by Crippen LogP contribution is 2.25. The van der Waals surface area contributed by atoms with E-state index in [1.165, 1.54) is 0 Å². The van der Waals surface area contributed by atoms with Crippen LogP contribution in [0.4, 0.5) is 0 Å². The zero-order valence-corrected chi connectivity index (χ0v) is 10.7. The molecule has 1 heterocycles. The van der Waals surface area contributed by atoms with E-state index in [0.717, 1.165) is 10.7 Å². The van der Waals surface area contributed by atoms with E-state index >= 15 is 0 Å². The van der Waals surface area contributed by atoms with Crippen molar-refractivity contribution in [1.29, 1.82) is 0 Å². The van der Waals surface area contributed by atoms with Crippen LogP contribution in [0.1, 0.15) is 31.5 Å². The monoisotopic (exact) mass is 246 g/mol. The van der Waals surface area contributed by atoms with Crippen molar-refractivity contribution in [2.75, 3.05) is 5.88 Å². The Kier molecular flexibility index (Phi) is 4.11. The maximum absolute atomic E-state index is 10.9. The van der Waals surface area contributed by atoms with Crippen molar-refractivity contribution in [2.24, 2.45) is 0 Å². The Morgan fingerprint density at radius 3 is 2.73 bits per heavy atom.